The van der Waals surface area contributed by atoms with Gasteiger partial charge in [0.05, 0.1) is 11.2 Å². The number of aromatic nitrogens is 1. The summed E-state index contributed by atoms with van der Waals surface area (Å²) in [6.07, 6.45) is 1.71. The van der Waals surface area contributed by atoms with Crippen molar-refractivity contribution in [2.24, 2.45) is 0 Å². The topological polar surface area (TPSA) is 80.0 Å². The standard InChI is InChI=1S/C14H17BrN4O/c1-3-17-14(20)8(2)19-12-5-4-11(16)10-6-9(15)7-18-13(10)12/h4-8,19H,3,16H2,1-2H3,(H,17,20). The lowest BCUT2D eigenvalue weighted by Gasteiger charge is -2.16. The Labute approximate surface area is 126 Å². The first-order valence-corrected chi connectivity index (χ1v) is 7.20. The Morgan fingerprint density at radius 1 is 1.50 bits per heavy atom. The molecule has 0 fully saturated rings. The molecule has 0 aliphatic heterocycles. The summed E-state index contributed by atoms with van der Waals surface area (Å²) in [7, 11) is 0. The number of halogens is 1. The zero-order valence-electron chi connectivity index (χ0n) is 11.4. The van der Waals surface area contributed by atoms with E-state index < -0.39 is 0 Å². The molecule has 5 nitrogen and oxygen atoms in total. The third kappa shape index (κ3) is 3.01. The first-order chi connectivity index (χ1) is 9.52. The van der Waals surface area contributed by atoms with E-state index in [2.05, 4.69) is 31.5 Å². The van der Waals surface area contributed by atoms with Gasteiger partial charge in [-0.2, -0.15) is 0 Å². The number of fused-ring (bicyclic) bond motifs is 1. The van der Waals surface area contributed by atoms with Crippen LogP contribution in [-0.4, -0.2) is 23.5 Å². The van der Waals surface area contributed by atoms with Crippen molar-refractivity contribution in [1.29, 1.82) is 0 Å². The van der Waals surface area contributed by atoms with Crippen LogP contribution in [0, 0.1) is 0 Å². The second-order valence-corrected chi connectivity index (χ2v) is 5.43. The highest BCUT2D eigenvalue weighted by atomic mass is 79.9. The predicted molar refractivity (Wildman–Crippen MR) is 85.6 cm³/mol. The molecule has 0 saturated carbocycles. The molecule has 1 amide bonds. The number of likely N-dealkylation sites (N-methyl/N-ethyl adjacent to an activating group) is 1. The van der Waals surface area contributed by atoms with Crippen molar-refractivity contribution in [2.45, 2.75) is 19.9 Å². The van der Waals surface area contributed by atoms with Crippen molar-refractivity contribution in [2.75, 3.05) is 17.6 Å². The lowest BCUT2D eigenvalue weighted by atomic mass is 10.1. The van der Waals surface area contributed by atoms with Gasteiger partial charge >= 0.3 is 0 Å². The zero-order valence-corrected chi connectivity index (χ0v) is 13.0. The second-order valence-electron chi connectivity index (χ2n) is 4.51. The Bertz CT molecular complexity index is 644. The number of nitrogens with zero attached hydrogens (tertiary/aromatic N) is 1. The van der Waals surface area contributed by atoms with Crippen molar-refractivity contribution in [3.63, 3.8) is 0 Å². The van der Waals surface area contributed by atoms with Crippen LogP contribution in [0.3, 0.4) is 0 Å². The minimum atomic E-state index is -0.341. The summed E-state index contributed by atoms with van der Waals surface area (Å²) in [5, 5.41) is 6.80. The van der Waals surface area contributed by atoms with Gasteiger partial charge in [0.25, 0.3) is 0 Å². The molecule has 20 heavy (non-hydrogen) atoms. The SMILES string of the molecule is CCNC(=O)C(C)Nc1ccc(N)c2cc(Br)cnc12. The average Bonchev–Trinajstić information content (AvgIpc) is 2.42. The molecule has 0 aliphatic rings. The summed E-state index contributed by atoms with van der Waals surface area (Å²) in [5.41, 5.74) is 8.17. The van der Waals surface area contributed by atoms with Gasteiger partial charge in [0.1, 0.15) is 6.04 Å². The van der Waals surface area contributed by atoms with E-state index in [1.54, 1.807) is 6.20 Å². The van der Waals surface area contributed by atoms with E-state index >= 15 is 0 Å². The fraction of sp³-hybridized carbons (Fsp3) is 0.286. The van der Waals surface area contributed by atoms with Gasteiger partial charge in [-0.1, -0.05) is 0 Å². The van der Waals surface area contributed by atoms with Gasteiger partial charge in [0.15, 0.2) is 0 Å². The van der Waals surface area contributed by atoms with Crippen LogP contribution in [-0.2, 0) is 4.79 Å². The number of amides is 1. The van der Waals surface area contributed by atoms with Crippen LogP contribution in [0.15, 0.2) is 28.9 Å². The van der Waals surface area contributed by atoms with Gasteiger partial charge in [-0.15, -0.1) is 0 Å². The first-order valence-electron chi connectivity index (χ1n) is 6.41. The van der Waals surface area contributed by atoms with Crippen molar-refractivity contribution < 1.29 is 4.79 Å². The predicted octanol–water partition coefficient (Wildman–Crippen LogP) is 2.52. The maximum atomic E-state index is 11.8. The molecule has 1 aromatic heterocycles. The van der Waals surface area contributed by atoms with E-state index in [0.29, 0.717) is 12.2 Å². The summed E-state index contributed by atoms with van der Waals surface area (Å²) >= 11 is 3.38. The molecule has 1 heterocycles. The molecule has 2 aromatic rings. The maximum Gasteiger partial charge on any atom is 0.242 e. The van der Waals surface area contributed by atoms with Crippen LogP contribution in [0.4, 0.5) is 11.4 Å². The first kappa shape index (κ1) is 14.6. The van der Waals surface area contributed by atoms with Crippen molar-refractivity contribution in [3.8, 4) is 0 Å². The molecule has 0 bridgehead atoms. The van der Waals surface area contributed by atoms with Crippen LogP contribution in [0.5, 0.6) is 0 Å². The van der Waals surface area contributed by atoms with Gasteiger partial charge in [0.2, 0.25) is 5.91 Å². The monoisotopic (exact) mass is 336 g/mol. The quantitative estimate of drug-likeness (QED) is 0.749. The van der Waals surface area contributed by atoms with E-state index in [-0.39, 0.29) is 11.9 Å². The summed E-state index contributed by atoms with van der Waals surface area (Å²) in [5.74, 6) is -0.0467. The Hall–Kier alpha value is -1.82. The summed E-state index contributed by atoms with van der Waals surface area (Å²) in [6.45, 7) is 4.31. The molecule has 0 radical (unpaired) electrons. The van der Waals surface area contributed by atoms with Gasteiger partial charge in [-0.25, -0.2) is 0 Å². The van der Waals surface area contributed by atoms with Crippen molar-refractivity contribution >= 4 is 44.1 Å². The number of carbonyl (C=O) groups excluding carboxylic acids is 1. The third-order valence-electron chi connectivity index (χ3n) is 2.97. The summed E-state index contributed by atoms with van der Waals surface area (Å²) in [6, 6.07) is 5.23. The van der Waals surface area contributed by atoms with E-state index in [0.717, 1.165) is 21.1 Å². The number of carbonyl (C=O) groups is 1. The highest BCUT2D eigenvalue weighted by molar-refractivity contribution is 9.10. The number of rotatable bonds is 4. The van der Waals surface area contributed by atoms with Crippen LogP contribution >= 0.6 is 15.9 Å². The van der Waals surface area contributed by atoms with Crippen LogP contribution in [0.1, 0.15) is 13.8 Å². The number of pyridine rings is 1. The fourth-order valence-corrected chi connectivity index (χ4v) is 2.29. The fourth-order valence-electron chi connectivity index (χ4n) is 1.96. The molecule has 1 unspecified atom stereocenters. The lowest BCUT2D eigenvalue weighted by molar-refractivity contribution is -0.121. The number of nitrogens with one attached hydrogen (secondary N) is 2. The van der Waals surface area contributed by atoms with Gasteiger partial charge in [-0.3, -0.25) is 9.78 Å². The molecule has 0 aliphatic carbocycles. The van der Waals surface area contributed by atoms with Crippen LogP contribution < -0.4 is 16.4 Å². The normalized spacial score (nSPS) is 12.2. The highest BCUT2D eigenvalue weighted by Crippen LogP contribution is 2.29. The molecule has 1 aromatic carbocycles. The largest absolute Gasteiger partial charge is 0.398 e. The third-order valence-corrected chi connectivity index (χ3v) is 3.40. The number of nitrogen functional groups attached to an aromatic ring is 1. The Morgan fingerprint density at radius 2 is 2.25 bits per heavy atom. The van der Waals surface area contributed by atoms with E-state index in [1.807, 2.05) is 32.0 Å². The highest BCUT2D eigenvalue weighted by Gasteiger charge is 2.14. The molecule has 4 N–H and O–H groups in total. The second kappa shape index (κ2) is 6.09. The molecular weight excluding hydrogens is 320 g/mol. The minimum Gasteiger partial charge on any atom is -0.398 e. The summed E-state index contributed by atoms with van der Waals surface area (Å²) in [4.78, 5) is 16.2. The maximum absolute atomic E-state index is 11.8. The van der Waals surface area contributed by atoms with E-state index in [1.165, 1.54) is 0 Å². The Morgan fingerprint density at radius 3 is 2.95 bits per heavy atom. The van der Waals surface area contributed by atoms with E-state index in [4.69, 9.17) is 5.73 Å². The van der Waals surface area contributed by atoms with Gasteiger partial charge in [0, 0.05) is 28.3 Å². The minimum absolute atomic E-state index is 0.0467. The van der Waals surface area contributed by atoms with Crippen LogP contribution in [0.2, 0.25) is 0 Å². The molecule has 0 saturated heterocycles. The zero-order chi connectivity index (χ0) is 14.7. The number of benzene rings is 1. The molecule has 6 heteroatoms. The Balaban J connectivity index is 2.36. The van der Waals surface area contributed by atoms with Gasteiger partial charge < -0.3 is 16.4 Å². The van der Waals surface area contributed by atoms with E-state index in [9.17, 15) is 4.79 Å². The molecular formula is C14H17BrN4O. The van der Waals surface area contributed by atoms with Crippen molar-refractivity contribution in [1.82, 2.24) is 10.3 Å². The van der Waals surface area contributed by atoms with Gasteiger partial charge in [-0.05, 0) is 48.0 Å². The number of nitrogens with two attached hydrogens (primary N) is 1. The average molecular weight is 337 g/mol. The molecule has 2 rings (SSSR count). The molecule has 0 spiro atoms. The number of hydrogen-bond donors (Lipinski definition) is 3. The lowest BCUT2D eigenvalue weighted by Crippen LogP contribution is -2.37. The number of anilines is 2. The molecule has 1 atom stereocenters. The Kier molecular flexibility index (Phi) is 4.44. The summed E-state index contributed by atoms with van der Waals surface area (Å²) < 4.78 is 0.866. The van der Waals surface area contributed by atoms with Crippen LogP contribution in [0.25, 0.3) is 10.9 Å². The molecule has 106 valence electrons. The smallest absolute Gasteiger partial charge is 0.242 e. The number of hydrogen-bond acceptors (Lipinski definition) is 4. The van der Waals surface area contributed by atoms with Crippen molar-refractivity contribution in [3.05, 3.63) is 28.9 Å².